The van der Waals surface area contributed by atoms with Crippen molar-refractivity contribution >= 4 is 27.3 Å². The quantitative estimate of drug-likeness (QED) is 0.876. The van der Waals surface area contributed by atoms with E-state index in [9.17, 15) is 4.39 Å². The molecule has 0 aliphatic rings. The lowest BCUT2D eigenvalue weighted by Gasteiger charge is -2.14. The number of thiophene rings is 1. The topological polar surface area (TPSA) is 12.0 Å². The molecule has 2 aromatic rings. The Bertz CT molecular complexity index is 498. The molecule has 17 heavy (non-hydrogen) atoms. The summed E-state index contributed by atoms with van der Waals surface area (Å²) in [6.45, 7) is 2.73. The molecule has 0 saturated carbocycles. The highest BCUT2D eigenvalue weighted by Crippen LogP contribution is 2.23. The highest BCUT2D eigenvalue weighted by Gasteiger charge is 2.09. The Morgan fingerprint density at radius 3 is 2.71 bits per heavy atom. The highest BCUT2D eigenvalue weighted by atomic mass is 79.9. The van der Waals surface area contributed by atoms with E-state index in [1.54, 1.807) is 17.4 Å². The summed E-state index contributed by atoms with van der Waals surface area (Å²) in [6, 6.07) is 11.0. The molecule has 0 saturated heterocycles. The minimum atomic E-state index is -0.153. The van der Waals surface area contributed by atoms with Gasteiger partial charge in [0, 0.05) is 23.0 Å². The molecule has 1 nitrogen and oxygen atoms in total. The van der Waals surface area contributed by atoms with Crippen LogP contribution in [0.15, 0.2) is 40.2 Å². The first kappa shape index (κ1) is 12.7. The molecule has 1 aromatic heterocycles. The second-order valence-electron chi connectivity index (χ2n) is 3.83. The Labute approximate surface area is 113 Å². The van der Waals surface area contributed by atoms with E-state index < -0.39 is 0 Å². The van der Waals surface area contributed by atoms with Gasteiger partial charge in [-0.1, -0.05) is 18.2 Å². The van der Waals surface area contributed by atoms with E-state index in [2.05, 4.69) is 27.3 Å². The monoisotopic (exact) mass is 313 g/mol. The van der Waals surface area contributed by atoms with Crippen LogP contribution in [-0.2, 0) is 6.54 Å². The molecule has 90 valence electrons. The number of hydrogen-bond acceptors (Lipinski definition) is 2. The Balaban J connectivity index is 1.98. The maximum absolute atomic E-state index is 13.5. The third-order valence-electron chi connectivity index (χ3n) is 2.58. The molecule has 2 rings (SSSR count). The van der Waals surface area contributed by atoms with Gasteiger partial charge in [0.25, 0.3) is 0 Å². The minimum Gasteiger partial charge on any atom is -0.305 e. The molecule has 0 aliphatic carbocycles. The van der Waals surface area contributed by atoms with Crippen LogP contribution in [0, 0.1) is 5.82 Å². The molecule has 0 aliphatic heterocycles. The van der Waals surface area contributed by atoms with Gasteiger partial charge in [0.15, 0.2) is 0 Å². The van der Waals surface area contributed by atoms with Gasteiger partial charge < -0.3 is 5.32 Å². The molecule has 1 atom stereocenters. The van der Waals surface area contributed by atoms with E-state index in [-0.39, 0.29) is 11.9 Å². The summed E-state index contributed by atoms with van der Waals surface area (Å²) in [5, 5.41) is 3.32. The lowest BCUT2D eigenvalue weighted by atomic mass is 10.1. The maximum atomic E-state index is 13.5. The van der Waals surface area contributed by atoms with E-state index in [1.165, 1.54) is 10.9 Å². The Kier molecular flexibility index (Phi) is 4.31. The lowest BCUT2D eigenvalue weighted by molar-refractivity contribution is 0.530. The fourth-order valence-corrected chi connectivity index (χ4v) is 3.07. The fourth-order valence-electron chi connectivity index (χ4n) is 1.64. The Hall–Kier alpha value is -0.710. The first-order valence-corrected chi connectivity index (χ1v) is 7.00. The second kappa shape index (κ2) is 5.76. The van der Waals surface area contributed by atoms with Crippen LogP contribution in [0.3, 0.4) is 0 Å². The van der Waals surface area contributed by atoms with Gasteiger partial charge in [-0.05, 0) is 41.1 Å². The summed E-state index contributed by atoms with van der Waals surface area (Å²) in [6.07, 6.45) is 0. The smallest absolute Gasteiger partial charge is 0.127 e. The van der Waals surface area contributed by atoms with Crippen molar-refractivity contribution in [2.45, 2.75) is 19.5 Å². The van der Waals surface area contributed by atoms with Crippen molar-refractivity contribution in [2.75, 3.05) is 0 Å². The van der Waals surface area contributed by atoms with Gasteiger partial charge in [-0.15, -0.1) is 11.3 Å². The van der Waals surface area contributed by atoms with Crippen LogP contribution < -0.4 is 5.32 Å². The van der Waals surface area contributed by atoms with Gasteiger partial charge in [0.2, 0.25) is 0 Å². The molecule has 4 heteroatoms. The minimum absolute atomic E-state index is 0.0112. The van der Waals surface area contributed by atoms with Gasteiger partial charge in [-0.2, -0.15) is 0 Å². The highest BCUT2D eigenvalue weighted by molar-refractivity contribution is 9.11. The van der Waals surface area contributed by atoms with Crippen molar-refractivity contribution < 1.29 is 4.39 Å². The van der Waals surface area contributed by atoms with E-state index in [4.69, 9.17) is 0 Å². The summed E-state index contributed by atoms with van der Waals surface area (Å²) < 4.78 is 14.6. The molecular weight excluding hydrogens is 301 g/mol. The van der Waals surface area contributed by atoms with Crippen molar-refractivity contribution in [3.8, 4) is 0 Å². The summed E-state index contributed by atoms with van der Waals surface area (Å²) in [5.41, 5.74) is 0.711. The lowest BCUT2D eigenvalue weighted by Crippen LogP contribution is -2.18. The van der Waals surface area contributed by atoms with Crippen LogP contribution in [-0.4, -0.2) is 0 Å². The van der Waals surface area contributed by atoms with Gasteiger partial charge >= 0.3 is 0 Å². The third-order valence-corrected chi connectivity index (χ3v) is 4.21. The van der Waals surface area contributed by atoms with Crippen molar-refractivity contribution in [1.29, 1.82) is 0 Å². The summed E-state index contributed by atoms with van der Waals surface area (Å²) in [4.78, 5) is 1.24. The summed E-state index contributed by atoms with van der Waals surface area (Å²) in [5.74, 6) is -0.153. The molecule has 1 N–H and O–H groups in total. The largest absolute Gasteiger partial charge is 0.305 e. The third kappa shape index (κ3) is 3.37. The predicted octanol–water partition coefficient (Wildman–Crippen LogP) is 4.50. The molecule has 0 spiro atoms. The number of hydrogen-bond donors (Lipinski definition) is 1. The van der Waals surface area contributed by atoms with Gasteiger partial charge in [0.1, 0.15) is 5.82 Å². The predicted molar refractivity (Wildman–Crippen MR) is 73.7 cm³/mol. The van der Waals surface area contributed by atoms with Crippen LogP contribution in [0.25, 0.3) is 0 Å². The maximum Gasteiger partial charge on any atom is 0.127 e. The van der Waals surface area contributed by atoms with Crippen molar-refractivity contribution in [2.24, 2.45) is 0 Å². The van der Waals surface area contributed by atoms with Crippen LogP contribution in [0.4, 0.5) is 4.39 Å². The molecule has 0 bridgehead atoms. The van der Waals surface area contributed by atoms with Gasteiger partial charge in [-0.25, -0.2) is 4.39 Å². The standard InChI is InChI=1S/C13H13BrFNS/c1-9(11-4-2-3-5-12(11)15)16-8-10-6-7-13(14)17-10/h2-7,9,16H,8H2,1H3. The Morgan fingerprint density at radius 2 is 2.06 bits per heavy atom. The molecule has 1 unspecified atom stereocenters. The molecule has 1 aromatic carbocycles. The number of halogens is 2. The van der Waals surface area contributed by atoms with E-state index in [0.717, 1.165) is 10.3 Å². The van der Waals surface area contributed by atoms with E-state index >= 15 is 0 Å². The normalized spacial score (nSPS) is 12.6. The first-order valence-electron chi connectivity index (χ1n) is 5.39. The van der Waals surface area contributed by atoms with Crippen molar-refractivity contribution in [1.82, 2.24) is 5.32 Å². The number of benzene rings is 1. The molecule has 0 fully saturated rings. The molecular formula is C13H13BrFNS. The van der Waals surface area contributed by atoms with Gasteiger partial charge in [0.05, 0.1) is 3.79 Å². The summed E-state index contributed by atoms with van der Waals surface area (Å²) >= 11 is 5.12. The van der Waals surface area contributed by atoms with Crippen LogP contribution in [0.1, 0.15) is 23.4 Å². The zero-order valence-electron chi connectivity index (χ0n) is 9.41. The number of nitrogens with one attached hydrogen (secondary N) is 1. The average molecular weight is 314 g/mol. The van der Waals surface area contributed by atoms with Crippen LogP contribution >= 0.6 is 27.3 Å². The fraction of sp³-hybridized carbons (Fsp3) is 0.231. The van der Waals surface area contributed by atoms with E-state index in [0.29, 0.717) is 5.56 Å². The van der Waals surface area contributed by atoms with Crippen LogP contribution in [0.5, 0.6) is 0 Å². The summed E-state index contributed by atoms with van der Waals surface area (Å²) in [7, 11) is 0. The SMILES string of the molecule is CC(NCc1ccc(Br)s1)c1ccccc1F. The van der Waals surface area contributed by atoms with Gasteiger partial charge in [-0.3, -0.25) is 0 Å². The van der Waals surface area contributed by atoms with Crippen molar-refractivity contribution in [3.05, 3.63) is 56.4 Å². The number of rotatable bonds is 4. The van der Waals surface area contributed by atoms with Crippen molar-refractivity contribution in [3.63, 3.8) is 0 Å². The first-order chi connectivity index (χ1) is 8.16. The second-order valence-corrected chi connectivity index (χ2v) is 6.38. The Morgan fingerprint density at radius 1 is 1.29 bits per heavy atom. The van der Waals surface area contributed by atoms with E-state index in [1.807, 2.05) is 25.1 Å². The average Bonchev–Trinajstić information content (AvgIpc) is 2.73. The molecule has 0 amide bonds. The zero-order chi connectivity index (χ0) is 12.3. The van der Waals surface area contributed by atoms with Crippen LogP contribution in [0.2, 0.25) is 0 Å². The zero-order valence-corrected chi connectivity index (χ0v) is 11.8. The molecule has 0 radical (unpaired) electrons. The molecule has 1 heterocycles.